The predicted molar refractivity (Wildman–Crippen MR) is 311 cm³/mol. The summed E-state index contributed by atoms with van der Waals surface area (Å²) in [6, 6.07) is 77.3. The Morgan fingerprint density at radius 1 is 0.342 bits per heavy atom. The number of nitrogens with zero attached hydrogens (tertiary/aromatic N) is 5. The number of hydrogen-bond donors (Lipinski definition) is 0. The Kier molecular flexibility index (Phi) is 9.32. The summed E-state index contributed by atoms with van der Waals surface area (Å²) in [4.78, 5) is 16.0. The lowest BCUT2D eigenvalue weighted by Crippen LogP contribution is -2.03. The second-order valence-corrected chi connectivity index (χ2v) is 19.7. The normalized spacial score (nSPS) is 12.9. The molecule has 7 heteroatoms. The zero-order valence-corrected chi connectivity index (χ0v) is 41.0. The van der Waals surface area contributed by atoms with E-state index in [-0.39, 0.29) is 0 Å². The number of fused-ring (bicyclic) bond motifs is 12. The van der Waals surface area contributed by atoms with E-state index in [1.54, 1.807) is 0 Å². The fourth-order valence-electron chi connectivity index (χ4n) is 12.1. The van der Waals surface area contributed by atoms with Gasteiger partial charge in [0.25, 0.3) is 0 Å². The smallest absolute Gasteiger partial charge is 0.164 e. The van der Waals surface area contributed by atoms with Crippen LogP contribution >= 0.6 is 0 Å². The Morgan fingerprint density at radius 3 is 1.29 bits per heavy atom. The molecule has 5 aromatic heterocycles. The summed E-state index contributed by atoms with van der Waals surface area (Å²) in [5.41, 5.74) is 17.1. The summed E-state index contributed by atoms with van der Waals surface area (Å²) in [6.07, 6.45) is 8.44. The summed E-state index contributed by atoms with van der Waals surface area (Å²) in [5, 5.41) is 8.73. The third-order valence-electron chi connectivity index (χ3n) is 15.4. The number of allylic oxidation sites excluding steroid dienone is 4. The summed E-state index contributed by atoms with van der Waals surface area (Å²) < 4.78 is 18.4. The van der Waals surface area contributed by atoms with Gasteiger partial charge >= 0.3 is 0 Å². The van der Waals surface area contributed by atoms with Gasteiger partial charge in [0.05, 0.1) is 22.1 Å². The van der Waals surface area contributed by atoms with Crippen molar-refractivity contribution in [3.05, 3.63) is 242 Å². The van der Waals surface area contributed by atoms with Crippen LogP contribution in [0.25, 0.3) is 149 Å². The zero-order chi connectivity index (χ0) is 49.8. The molecule has 16 rings (SSSR count). The first-order chi connectivity index (χ1) is 37.7. The number of rotatable bonds is 7. The van der Waals surface area contributed by atoms with Gasteiger partial charge < -0.3 is 18.0 Å². The van der Waals surface area contributed by atoms with E-state index in [0.29, 0.717) is 17.5 Å². The molecule has 15 aromatic rings. The van der Waals surface area contributed by atoms with Crippen LogP contribution in [0.3, 0.4) is 0 Å². The van der Waals surface area contributed by atoms with Crippen LogP contribution in [-0.2, 0) is 0 Å². The van der Waals surface area contributed by atoms with Gasteiger partial charge in [-0.1, -0.05) is 164 Å². The van der Waals surface area contributed by atoms with E-state index in [1.807, 2.05) is 24.3 Å². The molecular weight excluding hydrogens is 931 g/mol. The highest BCUT2D eigenvalue weighted by molar-refractivity contribution is 6.18. The van der Waals surface area contributed by atoms with Crippen LogP contribution in [-0.4, -0.2) is 24.1 Å². The van der Waals surface area contributed by atoms with E-state index in [2.05, 4.69) is 221 Å². The van der Waals surface area contributed by atoms with Crippen LogP contribution in [0.2, 0.25) is 0 Å². The van der Waals surface area contributed by atoms with Crippen molar-refractivity contribution >= 4 is 93.1 Å². The fraction of sp³-hybridized carbons (Fsp3) is 0.0290. The van der Waals surface area contributed by atoms with Gasteiger partial charge in [-0.2, -0.15) is 0 Å². The maximum Gasteiger partial charge on any atom is 0.164 e. The van der Waals surface area contributed by atoms with Crippen molar-refractivity contribution in [1.82, 2.24) is 24.1 Å². The van der Waals surface area contributed by atoms with Gasteiger partial charge in [0.2, 0.25) is 0 Å². The van der Waals surface area contributed by atoms with Crippen LogP contribution < -0.4 is 0 Å². The number of para-hydroxylation sites is 6. The molecule has 356 valence electrons. The lowest BCUT2D eigenvalue weighted by molar-refractivity contribution is 0.669. The minimum atomic E-state index is 0.573. The Bertz CT molecular complexity index is 4640. The van der Waals surface area contributed by atoms with Gasteiger partial charge in [0.15, 0.2) is 17.5 Å². The Morgan fingerprint density at radius 2 is 0.789 bits per heavy atom. The molecular formula is C69H43N5O2. The number of benzene rings is 10. The second-order valence-electron chi connectivity index (χ2n) is 19.7. The molecule has 0 atom stereocenters. The van der Waals surface area contributed by atoms with E-state index in [0.717, 1.165) is 118 Å². The number of furan rings is 2. The second kappa shape index (κ2) is 16.7. The third kappa shape index (κ3) is 6.45. The summed E-state index contributed by atoms with van der Waals surface area (Å²) in [5.74, 6) is 1.77. The summed E-state index contributed by atoms with van der Waals surface area (Å²) >= 11 is 0. The number of aromatic nitrogens is 5. The van der Waals surface area contributed by atoms with Gasteiger partial charge in [-0.05, 0) is 96.8 Å². The average molecular weight is 974 g/mol. The zero-order valence-electron chi connectivity index (χ0n) is 41.0. The van der Waals surface area contributed by atoms with Gasteiger partial charge in [-0.25, -0.2) is 15.0 Å². The molecule has 0 unspecified atom stereocenters. The molecule has 0 saturated carbocycles. The minimum Gasteiger partial charge on any atom is -0.456 e. The Labute approximate surface area is 435 Å². The highest BCUT2D eigenvalue weighted by Gasteiger charge is 2.24. The van der Waals surface area contributed by atoms with Crippen molar-refractivity contribution in [3.8, 4) is 56.4 Å². The molecule has 0 spiro atoms. The van der Waals surface area contributed by atoms with Gasteiger partial charge in [0.1, 0.15) is 22.3 Å². The topological polar surface area (TPSA) is 74.8 Å². The van der Waals surface area contributed by atoms with Crippen molar-refractivity contribution in [3.63, 3.8) is 0 Å². The SMILES string of the molecule is C1=CC(c2nc(-c3cccc4oc5cc(-c6cccc7c8ccccc8n(-c8ccccc8)c67)ccc5c34)nc(-c3cccc4oc5cc(-c6cccc7c8ccccc8n(-c8ccccc8)c67)ccc5c34)n2)=CCC1. The molecule has 7 nitrogen and oxygen atoms in total. The summed E-state index contributed by atoms with van der Waals surface area (Å²) in [6.45, 7) is 0. The van der Waals surface area contributed by atoms with Crippen LogP contribution in [0.5, 0.6) is 0 Å². The fourth-order valence-corrected chi connectivity index (χ4v) is 12.1. The Balaban J connectivity index is 0.850. The summed E-state index contributed by atoms with van der Waals surface area (Å²) in [7, 11) is 0. The molecule has 1 aliphatic carbocycles. The van der Waals surface area contributed by atoms with Crippen molar-refractivity contribution < 1.29 is 8.83 Å². The Hall–Kier alpha value is -10.1. The van der Waals surface area contributed by atoms with Crippen LogP contribution in [0.4, 0.5) is 0 Å². The quantitative estimate of drug-likeness (QED) is 0.159. The lowest BCUT2D eigenvalue weighted by atomic mass is 9.99. The van der Waals surface area contributed by atoms with Crippen LogP contribution in [0, 0.1) is 0 Å². The standard InChI is InChI=1S/C69H43N5O2/c1-4-18-42(19-5-1)67-70-68(55-30-16-34-59-63(55)53-38-36-43(40-61(53)75-59)47-26-14-28-51-49-24-10-12-32-57(49)73(65(47)51)45-20-6-2-7-21-45)72-69(71-67)56-31-17-35-60-64(56)54-39-37-44(41-62(54)76-60)48-27-15-29-52-50-25-11-13-33-58(50)74(66(48)52)46-22-8-3-9-23-46/h2-4,6-41H,1,5H2. The highest BCUT2D eigenvalue weighted by Crippen LogP contribution is 2.45. The van der Waals surface area contributed by atoms with Crippen molar-refractivity contribution in [1.29, 1.82) is 0 Å². The molecule has 10 aromatic carbocycles. The van der Waals surface area contributed by atoms with Crippen molar-refractivity contribution in [2.24, 2.45) is 0 Å². The molecule has 0 saturated heterocycles. The van der Waals surface area contributed by atoms with E-state index in [4.69, 9.17) is 23.8 Å². The monoisotopic (exact) mass is 973 g/mol. The average Bonchev–Trinajstić information content (AvgIpc) is 4.31. The van der Waals surface area contributed by atoms with Gasteiger partial charge in [-0.3, -0.25) is 0 Å². The van der Waals surface area contributed by atoms with E-state index in [1.165, 1.54) is 32.6 Å². The first-order valence-electron chi connectivity index (χ1n) is 25.9. The van der Waals surface area contributed by atoms with E-state index in [9.17, 15) is 0 Å². The van der Waals surface area contributed by atoms with E-state index < -0.39 is 0 Å². The third-order valence-corrected chi connectivity index (χ3v) is 15.4. The van der Waals surface area contributed by atoms with Crippen LogP contribution in [0.1, 0.15) is 18.7 Å². The number of hydrogen-bond acceptors (Lipinski definition) is 5. The van der Waals surface area contributed by atoms with E-state index >= 15 is 0 Å². The first kappa shape index (κ1) is 42.4. The predicted octanol–water partition coefficient (Wildman–Crippen LogP) is 18.3. The molecule has 0 fully saturated rings. The molecule has 0 radical (unpaired) electrons. The molecule has 0 amide bonds. The van der Waals surface area contributed by atoms with Gasteiger partial charge in [0, 0.05) is 82.3 Å². The molecule has 1 aliphatic rings. The molecule has 0 N–H and O–H groups in total. The maximum absolute atomic E-state index is 6.81. The molecule has 5 heterocycles. The van der Waals surface area contributed by atoms with Gasteiger partial charge in [-0.15, -0.1) is 0 Å². The van der Waals surface area contributed by atoms with Crippen LogP contribution in [0.15, 0.2) is 245 Å². The van der Waals surface area contributed by atoms with Crippen molar-refractivity contribution in [2.75, 3.05) is 0 Å². The maximum atomic E-state index is 6.81. The van der Waals surface area contributed by atoms with Crippen molar-refractivity contribution in [2.45, 2.75) is 12.8 Å². The highest BCUT2D eigenvalue weighted by atomic mass is 16.3. The minimum absolute atomic E-state index is 0.573. The molecule has 0 aliphatic heterocycles. The molecule has 0 bridgehead atoms. The first-order valence-corrected chi connectivity index (χ1v) is 25.9. The molecule has 76 heavy (non-hydrogen) atoms. The largest absolute Gasteiger partial charge is 0.456 e. The lowest BCUT2D eigenvalue weighted by Gasteiger charge is -2.12.